The Morgan fingerprint density at radius 3 is 2.54 bits per heavy atom. The maximum atomic E-state index is 4.06. The van der Waals surface area contributed by atoms with Crippen LogP contribution in [0.5, 0.6) is 0 Å². The first kappa shape index (κ1) is 9.92. The molecule has 0 bridgehead atoms. The van der Waals surface area contributed by atoms with Gasteiger partial charge in [0.1, 0.15) is 5.82 Å². The van der Waals surface area contributed by atoms with Gasteiger partial charge >= 0.3 is 0 Å². The SMILES string of the molecule is CCNCc1ccc(NCC)nn1. The van der Waals surface area contributed by atoms with Crippen LogP contribution in [0.25, 0.3) is 0 Å². The van der Waals surface area contributed by atoms with Crippen molar-refractivity contribution in [1.29, 1.82) is 0 Å². The standard InChI is InChI=1S/C9H16N4/c1-3-10-7-8-5-6-9(11-4-2)13-12-8/h5-6,10H,3-4,7H2,1-2H3,(H,11,13). The van der Waals surface area contributed by atoms with Crippen molar-refractivity contribution in [2.45, 2.75) is 20.4 Å². The molecule has 0 unspecified atom stereocenters. The van der Waals surface area contributed by atoms with Crippen molar-refractivity contribution in [2.75, 3.05) is 18.4 Å². The number of hydrogen-bond donors (Lipinski definition) is 2. The van der Waals surface area contributed by atoms with Gasteiger partial charge in [-0.1, -0.05) is 6.92 Å². The van der Waals surface area contributed by atoms with E-state index in [-0.39, 0.29) is 0 Å². The van der Waals surface area contributed by atoms with Crippen molar-refractivity contribution in [3.8, 4) is 0 Å². The van der Waals surface area contributed by atoms with Crippen molar-refractivity contribution in [2.24, 2.45) is 0 Å². The van der Waals surface area contributed by atoms with E-state index in [1.54, 1.807) is 0 Å². The second-order valence-electron chi connectivity index (χ2n) is 2.72. The highest BCUT2D eigenvalue weighted by molar-refractivity contribution is 5.32. The molecular weight excluding hydrogens is 164 g/mol. The van der Waals surface area contributed by atoms with Crippen molar-refractivity contribution in [3.05, 3.63) is 17.8 Å². The molecule has 0 aliphatic rings. The van der Waals surface area contributed by atoms with E-state index in [1.165, 1.54) is 0 Å². The minimum Gasteiger partial charge on any atom is -0.369 e. The fourth-order valence-corrected chi connectivity index (χ4v) is 0.983. The Morgan fingerprint density at radius 1 is 1.15 bits per heavy atom. The average Bonchev–Trinajstić information content (AvgIpc) is 2.17. The summed E-state index contributed by atoms with van der Waals surface area (Å²) < 4.78 is 0. The van der Waals surface area contributed by atoms with Gasteiger partial charge in [0, 0.05) is 13.1 Å². The third-order valence-electron chi connectivity index (χ3n) is 1.63. The number of nitrogens with one attached hydrogen (secondary N) is 2. The molecular formula is C9H16N4. The third-order valence-corrected chi connectivity index (χ3v) is 1.63. The van der Waals surface area contributed by atoms with E-state index in [4.69, 9.17) is 0 Å². The average molecular weight is 180 g/mol. The summed E-state index contributed by atoms with van der Waals surface area (Å²) in [5.74, 6) is 0.836. The van der Waals surface area contributed by atoms with Crippen LogP contribution in [-0.2, 0) is 6.54 Å². The first-order valence-electron chi connectivity index (χ1n) is 4.64. The van der Waals surface area contributed by atoms with E-state index in [0.717, 1.165) is 31.1 Å². The summed E-state index contributed by atoms with van der Waals surface area (Å²) in [6, 6.07) is 3.93. The van der Waals surface area contributed by atoms with Crippen LogP contribution in [0.1, 0.15) is 19.5 Å². The fraction of sp³-hybridized carbons (Fsp3) is 0.556. The van der Waals surface area contributed by atoms with Crippen LogP contribution in [0.2, 0.25) is 0 Å². The van der Waals surface area contributed by atoms with Crippen molar-refractivity contribution >= 4 is 5.82 Å². The number of nitrogens with zero attached hydrogens (tertiary/aromatic N) is 2. The van der Waals surface area contributed by atoms with Crippen LogP contribution < -0.4 is 10.6 Å². The zero-order valence-electron chi connectivity index (χ0n) is 8.17. The summed E-state index contributed by atoms with van der Waals surface area (Å²) in [7, 11) is 0. The summed E-state index contributed by atoms with van der Waals surface area (Å²) in [6.07, 6.45) is 0. The van der Waals surface area contributed by atoms with E-state index >= 15 is 0 Å². The van der Waals surface area contributed by atoms with E-state index in [2.05, 4.69) is 27.8 Å². The summed E-state index contributed by atoms with van der Waals surface area (Å²) in [5, 5.41) is 14.4. The summed E-state index contributed by atoms with van der Waals surface area (Å²) >= 11 is 0. The molecule has 13 heavy (non-hydrogen) atoms. The van der Waals surface area contributed by atoms with E-state index in [1.807, 2.05) is 19.1 Å². The number of aromatic nitrogens is 2. The first-order valence-corrected chi connectivity index (χ1v) is 4.64. The molecule has 1 aromatic rings. The quantitative estimate of drug-likeness (QED) is 0.710. The summed E-state index contributed by atoms with van der Waals surface area (Å²) in [5.41, 5.74) is 0.975. The molecule has 0 saturated carbocycles. The monoisotopic (exact) mass is 180 g/mol. The van der Waals surface area contributed by atoms with Gasteiger partial charge in [0.2, 0.25) is 0 Å². The molecule has 0 aliphatic carbocycles. The predicted octanol–water partition coefficient (Wildman–Crippen LogP) is 1.02. The van der Waals surface area contributed by atoms with Crippen LogP contribution in [0, 0.1) is 0 Å². The molecule has 0 spiro atoms. The number of hydrogen-bond acceptors (Lipinski definition) is 4. The lowest BCUT2D eigenvalue weighted by Gasteiger charge is -2.02. The van der Waals surface area contributed by atoms with Gasteiger partial charge in [0.05, 0.1) is 5.69 Å². The van der Waals surface area contributed by atoms with Gasteiger partial charge in [0.25, 0.3) is 0 Å². The Morgan fingerprint density at radius 2 is 2.00 bits per heavy atom. The van der Waals surface area contributed by atoms with Crippen LogP contribution in [0.4, 0.5) is 5.82 Å². The van der Waals surface area contributed by atoms with Gasteiger partial charge in [-0.15, -0.1) is 5.10 Å². The van der Waals surface area contributed by atoms with Crippen LogP contribution in [0.15, 0.2) is 12.1 Å². The smallest absolute Gasteiger partial charge is 0.148 e. The molecule has 1 heterocycles. The minimum atomic E-state index is 0.788. The Balaban J connectivity index is 2.48. The van der Waals surface area contributed by atoms with Crippen molar-refractivity contribution in [1.82, 2.24) is 15.5 Å². The molecule has 4 nitrogen and oxygen atoms in total. The van der Waals surface area contributed by atoms with E-state index in [0.29, 0.717) is 0 Å². The van der Waals surface area contributed by atoms with Gasteiger partial charge < -0.3 is 10.6 Å². The Bertz CT molecular complexity index is 232. The van der Waals surface area contributed by atoms with Crippen molar-refractivity contribution < 1.29 is 0 Å². The Hall–Kier alpha value is -1.16. The topological polar surface area (TPSA) is 49.8 Å². The molecule has 0 saturated heterocycles. The lowest BCUT2D eigenvalue weighted by atomic mass is 10.4. The van der Waals surface area contributed by atoms with E-state index < -0.39 is 0 Å². The van der Waals surface area contributed by atoms with Gasteiger partial charge in [-0.05, 0) is 25.6 Å². The molecule has 4 heteroatoms. The number of anilines is 1. The molecule has 0 radical (unpaired) electrons. The van der Waals surface area contributed by atoms with Gasteiger partial charge in [-0.25, -0.2) is 0 Å². The molecule has 1 aromatic heterocycles. The predicted molar refractivity (Wildman–Crippen MR) is 53.6 cm³/mol. The normalized spacial score (nSPS) is 10.0. The lowest BCUT2D eigenvalue weighted by molar-refractivity contribution is 0.699. The van der Waals surface area contributed by atoms with Gasteiger partial charge in [0.15, 0.2) is 0 Å². The van der Waals surface area contributed by atoms with Gasteiger partial charge in [-0.2, -0.15) is 5.10 Å². The molecule has 1 rings (SSSR count). The second kappa shape index (κ2) is 5.48. The van der Waals surface area contributed by atoms with Crippen LogP contribution >= 0.6 is 0 Å². The largest absolute Gasteiger partial charge is 0.369 e. The molecule has 0 amide bonds. The summed E-state index contributed by atoms with van der Waals surface area (Å²) in [6.45, 7) is 6.72. The lowest BCUT2D eigenvalue weighted by Crippen LogP contribution is -2.13. The zero-order valence-corrected chi connectivity index (χ0v) is 8.17. The Labute approximate surface area is 78.8 Å². The second-order valence-corrected chi connectivity index (χ2v) is 2.72. The molecule has 72 valence electrons. The molecule has 0 fully saturated rings. The third kappa shape index (κ3) is 3.38. The van der Waals surface area contributed by atoms with Crippen LogP contribution in [-0.4, -0.2) is 23.3 Å². The van der Waals surface area contributed by atoms with Crippen LogP contribution in [0.3, 0.4) is 0 Å². The molecule has 0 aromatic carbocycles. The minimum absolute atomic E-state index is 0.788. The van der Waals surface area contributed by atoms with Gasteiger partial charge in [-0.3, -0.25) is 0 Å². The number of rotatable bonds is 5. The fourth-order valence-electron chi connectivity index (χ4n) is 0.983. The molecule has 0 aliphatic heterocycles. The highest BCUT2D eigenvalue weighted by Crippen LogP contribution is 2.00. The first-order chi connectivity index (χ1) is 6.36. The maximum absolute atomic E-state index is 4.06. The molecule has 0 atom stereocenters. The Kier molecular flexibility index (Phi) is 4.18. The highest BCUT2D eigenvalue weighted by atomic mass is 15.2. The highest BCUT2D eigenvalue weighted by Gasteiger charge is 1.94. The zero-order chi connectivity index (χ0) is 9.52. The summed E-state index contributed by atoms with van der Waals surface area (Å²) in [4.78, 5) is 0. The van der Waals surface area contributed by atoms with E-state index in [9.17, 15) is 0 Å². The van der Waals surface area contributed by atoms with Crippen molar-refractivity contribution in [3.63, 3.8) is 0 Å². The maximum Gasteiger partial charge on any atom is 0.148 e. The molecule has 2 N–H and O–H groups in total.